The molecule has 2 aromatic carbocycles. The second-order valence-electron chi connectivity index (χ2n) is 6.21. The molecule has 1 amide bonds. The molecule has 0 spiro atoms. The Balaban J connectivity index is 2.15. The molecule has 3 N–H and O–H groups in total. The first-order valence-corrected chi connectivity index (χ1v) is 9.10. The highest BCUT2D eigenvalue weighted by Gasteiger charge is 2.16. The van der Waals surface area contributed by atoms with Crippen molar-refractivity contribution in [3.63, 3.8) is 0 Å². The molecule has 0 atom stereocenters. The van der Waals surface area contributed by atoms with E-state index < -0.39 is 24.2 Å². The third-order valence-corrected chi connectivity index (χ3v) is 4.12. The SMILES string of the molecule is CC(C)Nc1cccc(COc2c(Cl)cc(C(=O)NCC(=O)O)cc2Cl)c1F. The topological polar surface area (TPSA) is 87.7 Å². The van der Waals surface area contributed by atoms with Crippen LogP contribution in [0.4, 0.5) is 10.1 Å². The standard InChI is InChI=1S/C19H19Cl2FN2O4/c1-10(2)24-15-5-3-4-11(17(15)22)9-28-18-13(20)6-12(7-14(18)21)19(27)23-8-16(25)26/h3-7,10,24H,8-9H2,1-2H3,(H,23,27)(H,25,26). The zero-order valence-corrected chi connectivity index (χ0v) is 16.7. The number of aliphatic carboxylic acids is 1. The number of ether oxygens (including phenoxy) is 1. The molecule has 28 heavy (non-hydrogen) atoms. The van der Waals surface area contributed by atoms with Crippen LogP contribution in [0.25, 0.3) is 0 Å². The summed E-state index contributed by atoms with van der Waals surface area (Å²) in [5.41, 5.74) is 0.748. The number of carbonyl (C=O) groups excluding carboxylic acids is 1. The summed E-state index contributed by atoms with van der Waals surface area (Å²) >= 11 is 12.3. The van der Waals surface area contributed by atoms with Crippen LogP contribution in [0, 0.1) is 5.82 Å². The van der Waals surface area contributed by atoms with Crippen molar-refractivity contribution in [2.75, 3.05) is 11.9 Å². The first kappa shape index (κ1) is 21.8. The summed E-state index contributed by atoms with van der Waals surface area (Å²) in [5.74, 6) is -2.16. The Morgan fingerprint density at radius 3 is 2.43 bits per heavy atom. The van der Waals surface area contributed by atoms with Gasteiger partial charge in [-0.3, -0.25) is 9.59 Å². The Bertz CT molecular complexity index is 867. The van der Waals surface area contributed by atoms with Crippen LogP contribution in [0.1, 0.15) is 29.8 Å². The molecular formula is C19H19Cl2FN2O4. The van der Waals surface area contributed by atoms with Crippen molar-refractivity contribution in [1.82, 2.24) is 5.32 Å². The minimum atomic E-state index is -1.18. The Kier molecular flexibility index (Phi) is 7.48. The lowest BCUT2D eigenvalue weighted by molar-refractivity contribution is -0.135. The molecule has 6 nitrogen and oxygen atoms in total. The normalized spacial score (nSPS) is 10.6. The molecule has 0 aliphatic carbocycles. The van der Waals surface area contributed by atoms with Gasteiger partial charge < -0.3 is 20.5 Å². The van der Waals surface area contributed by atoms with Crippen molar-refractivity contribution in [1.29, 1.82) is 0 Å². The highest BCUT2D eigenvalue weighted by Crippen LogP contribution is 2.35. The molecule has 0 radical (unpaired) electrons. The summed E-state index contributed by atoms with van der Waals surface area (Å²) in [6.07, 6.45) is 0. The minimum absolute atomic E-state index is 0.0462. The molecule has 0 aliphatic rings. The van der Waals surface area contributed by atoms with E-state index in [1.165, 1.54) is 12.1 Å². The monoisotopic (exact) mass is 428 g/mol. The number of rotatable bonds is 8. The lowest BCUT2D eigenvalue weighted by Crippen LogP contribution is -2.29. The van der Waals surface area contributed by atoms with Crippen molar-refractivity contribution < 1.29 is 23.8 Å². The summed E-state index contributed by atoms with van der Waals surface area (Å²) in [4.78, 5) is 22.5. The fraction of sp³-hybridized carbons (Fsp3) is 0.263. The number of benzene rings is 2. The Morgan fingerprint density at radius 2 is 1.86 bits per heavy atom. The number of hydrogen-bond acceptors (Lipinski definition) is 4. The number of anilines is 1. The van der Waals surface area contributed by atoms with Crippen LogP contribution in [0.3, 0.4) is 0 Å². The molecule has 0 saturated carbocycles. The van der Waals surface area contributed by atoms with E-state index >= 15 is 0 Å². The van der Waals surface area contributed by atoms with E-state index in [-0.39, 0.29) is 34.0 Å². The van der Waals surface area contributed by atoms with Crippen LogP contribution >= 0.6 is 23.2 Å². The molecule has 0 unspecified atom stereocenters. The summed E-state index contributed by atoms with van der Waals surface area (Å²) in [5, 5.41) is 13.9. The van der Waals surface area contributed by atoms with Gasteiger partial charge in [-0.2, -0.15) is 0 Å². The molecule has 2 rings (SSSR count). The zero-order chi connectivity index (χ0) is 20.8. The van der Waals surface area contributed by atoms with Gasteiger partial charge in [0.2, 0.25) is 0 Å². The Labute approximate surface area is 171 Å². The number of halogens is 3. The van der Waals surface area contributed by atoms with E-state index in [4.69, 9.17) is 33.0 Å². The van der Waals surface area contributed by atoms with Crippen LogP contribution in [0.5, 0.6) is 5.75 Å². The summed E-state index contributed by atoms with van der Waals surface area (Å²) in [6.45, 7) is 3.14. The van der Waals surface area contributed by atoms with E-state index in [1.807, 2.05) is 13.8 Å². The highest BCUT2D eigenvalue weighted by molar-refractivity contribution is 6.37. The number of hydrogen-bond donors (Lipinski definition) is 3. The van der Waals surface area contributed by atoms with Gasteiger partial charge in [0.05, 0.1) is 15.7 Å². The van der Waals surface area contributed by atoms with Gasteiger partial charge in [0.15, 0.2) is 11.6 Å². The first-order valence-electron chi connectivity index (χ1n) is 8.34. The number of carbonyl (C=O) groups is 2. The van der Waals surface area contributed by atoms with Crippen LogP contribution in [-0.4, -0.2) is 29.6 Å². The maximum absolute atomic E-state index is 14.5. The molecule has 0 heterocycles. The predicted molar refractivity (Wildman–Crippen MR) is 106 cm³/mol. The predicted octanol–water partition coefficient (Wildman–Crippen LogP) is 4.35. The molecule has 150 valence electrons. The van der Waals surface area contributed by atoms with E-state index in [1.54, 1.807) is 18.2 Å². The third kappa shape index (κ3) is 5.74. The van der Waals surface area contributed by atoms with Crippen molar-refractivity contribution in [2.24, 2.45) is 0 Å². The van der Waals surface area contributed by atoms with Crippen molar-refractivity contribution in [2.45, 2.75) is 26.5 Å². The van der Waals surface area contributed by atoms with E-state index in [2.05, 4.69) is 10.6 Å². The molecule has 9 heteroatoms. The molecule has 0 aliphatic heterocycles. The smallest absolute Gasteiger partial charge is 0.322 e. The van der Waals surface area contributed by atoms with Gasteiger partial charge in [-0.1, -0.05) is 35.3 Å². The number of nitrogens with one attached hydrogen (secondary N) is 2. The second-order valence-corrected chi connectivity index (χ2v) is 7.03. The second kappa shape index (κ2) is 9.61. The third-order valence-electron chi connectivity index (χ3n) is 3.56. The lowest BCUT2D eigenvalue weighted by atomic mass is 10.1. The van der Waals surface area contributed by atoms with E-state index in [9.17, 15) is 14.0 Å². The molecule has 0 fully saturated rings. The van der Waals surface area contributed by atoms with Gasteiger partial charge in [0.25, 0.3) is 5.91 Å². The molecule has 0 saturated heterocycles. The van der Waals surface area contributed by atoms with Crippen LogP contribution < -0.4 is 15.4 Å². The largest absolute Gasteiger partial charge is 0.486 e. The maximum Gasteiger partial charge on any atom is 0.322 e. The van der Waals surface area contributed by atoms with Gasteiger partial charge in [-0.05, 0) is 32.0 Å². The fourth-order valence-corrected chi connectivity index (χ4v) is 2.95. The number of carboxylic acids is 1. The molecular weight excluding hydrogens is 410 g/mol. The molecule has 0 bridgehead atoms. The summed E-state index contributed by atoms with van der Waals surface area (Å²) in [7, 11) is 0. The van der Waals surface area contributed by atoms with Crippen LogP contribution in [-0.2, 0) is 11.4 Å². The zero-order valence-electron chi connectivity index (χ0n) is 15.2. The quantitative estimate of drug-likeness (QED) is 0.581. The van der Waals surface area contributed by atoms with E-state index in [0.29, 0.717) is 11.3 Å². The van der Waals surface area contributed by atoms with Crippen LogP contribution in [0.2, 0.25) is 10.0 Å². The van der Waals surface area contributed by atoms with Crippen molar-refractivity contribution in [3.8, 4) is 5.75 Å². The summed E-state index contributed by atoms with van der Waals surface area (Å²) in [6, 6.07) is 7.57. The lowest BCUT2D eigenvalue weighted by Gasteiger charge is -2.15. The summed E-state index contributed by atoms with van der Waals surface area (Å²) < 4.78 is 20.1. The fourth-order valence-electron chi connectivity index (χ4n) is 2.35. The van der Waals surface area contributed by atoms with Gasteiger partial charge in [0.1, 0.15) is 13.2 Å². The van der Waals surface area contributed by atoms with Gasteiger partial charge >= 0.3 is 5.97 Å². The average molecular weight is 429 g/mol. The van der Waals surface area contributed by atoms with Gasteiger partial charge in [-0.25, -0.2) is 4.39 Å². The van der Waals surface area contributed by atoms with Gasteiger partial charge in [0, 0.05) is 17.2 Å². The average Bonchev–Trinajstić information content (AvgIpc) is 2.61. The van der Waals surface area contributed by atoms with Crippen LogP contribution in [0.15, 0.2) is 30.3 Å². The van der Waals surface area contributed by atoms with E-state index in [0.717, 1.165) is 0 Å². The Morgan fingerprint density at radius 1 is 1.21 bits per heavy atom. The van der Waals surface area contributed by atoms with Crippen molar-refractivity contribution in [3.05, 3.63) is 57.3 Å². The number of amides is 1. The molecule has 2 aromatic rings. The van der Waals surface area contributed by atoms with Gasteiger partial charge in [-0.15, -0.1) is 0 Å². The highest BCUT2D eigenvalue weighted by atomic mass is 35.5. The Hall–Kier alpha value is -2.51. The maximum atomic E-state index is 14.5. The minimum Gasteiger partial charge on any atom is -0.486 e. The van der Waals surface area contributed by atoms with Crippen molar-refractivity contribution >= 4 is 40.8 Å². The first-order chi connectivity index (χ1) is 13.2. The molecule has 0 aromatic heterocycles. The number of carboxylic acid groups (broad SMARTS) is 1.